The number of hydrogen-bond acceptors (Lipinski definition) is 3. The van der Waals surface area contributed by atoms with Gasteiger partial charge in [-0.1, -0.05) is 11.6 Å². The zero-order valence-corrected chi connectivity index (χ0v) is 10.7. The largest absolute Gasteiger partial charge is 0.347 e. The average molecular weight is 253 g/mol. The highest BCUT2D eigenvalue weighted by atomic mass is 35.5. The highest BCUT2D eigenvalue weighted by Crippen LogP contribution is 2.16. The zero-order valence-electron chi connectivity index (χ0n) is 9.94. The van der Waals surface area contributed by atoms with Crippen molar-refractivity contribution in [2.45, 2.75) is 13.5 Å². The Morgan fingerprint density at radius 3 is 2.76 bits per heavy atom. The van der Waals surface area contributed by atoms with Gasteiger partial charge in [0, 0.05) is 14.1 Å². The monoisotopic (exact) mass is 252 g/mol. The second kappa shape index (κ2) is 4.33. The number of imidazole rings is 1. The molecule has 0 atom stereocenters. The molecule has 0 spiro atoms. The first-order chi connectivity index (χ1) is 7.99. The van der Waals surface area contributed by atoms with E-state index in [0.29, 0.717) is 10.8 Å². The molecule has 2 heterocycles. The molecule has 90 valence electrons. The molecular formula is C11H13ClN4O. The van der Waals surface area contributed by atoms with Gasteiger partial charge in [-0.05, 0) is 19.1 Å². The standard InChI is InChI=1S/C11H13ClN4O/c1-7-13-8-4-5-9(12)14-11(8)16(7)6-10(17)15(2)3/h4-5H,6H2,1-3H3. The van der Waals surface area contributed by atoms with E-state index in [-0.39, 0.29) is 12.5 Å². The van der Waals surface area contributed by atoms with Gasteiger partial charge >= 0.3 is 0 Å². The van der Waals surface area contributed by atoms with Gasteiger partial charge in [-0.15, -0.1) is 0 Å². The third-order valence-electron chi connectivity index (χ3n) is 2.54. The lowest BCUT2D eigenvalue weighted by Crippen LogP contribution is -2.26. The van der Waals surface area contributed by atoms with Crippen LogP contribution >= 0.6 is 11.6 Å². The molecule has 17 heavy (non-hydrogen) atoms. The molecule has 0 saturated heterocycles. The lowest BCUT2D eigenvalue weighted by molar-refractivity contribution is -0.129. The molecular weight excluding hydrogens is 240 g/mol. The van der Waals surface area contributed by atoms with Gasteiger partial charge in [0.15, 0.2) is 5.65 Å². The van der Waals surface area contributed by atoms with E-state index in [1.807, 2.05) is 6.92 Å². The Labute approximate surface area is 104 Å². The molecule has 0 aliphatic rings. The Bertz CT molecular complexity index is 576. The summed E-state index contributed by atoms with van der Waals surface area (Å²) >= 11 is 5.85. The fourth-order valence-corrected chi connectivity index (χ4v) is 1.70. The molecule has 5 nitrogen and oxygen atoms in total. The van der Waals surface area contributed by atoms with Gasteiger partial charge in [0.05, 0.1) is 0 Å². The molecule has 0 radical (unpaired) electrons. The van der Waals surface area contributed by atoms with Crippen LogP contribution in [0.15, 0.2) is 12.1 Å². The quantitative estimate of drug-likeness (QED) is 0.761. The van der Waals surface area contributed by atoms with Crippen molar-refractivity contribution in [2.24, 2.45) is 0 Å². The molecule has 0 aliphatic heterocycles. The average Bonchev–Trinajstić information content (AvgIpc) is 2.55. The number of hydrogen-bond donors (Lipinski definition) is 0. The van der Waals surface area contributed by atoms with Gasteiger partial charge in [0.1, 0.15) is 23.0 Å². The number of rotatable bonds is 2. The van der Waals surface area contributed by atoms with E-state index in [0.717, 1.165) is 11.3 Å². The van der Waals surface area contributed by atoms with Crippen molar-refractivity contribution < 1.29 is 4.79 Å². The van der Waals surface area contributed by atoms with Gasteiger partial charge in [-0.25, -0.2) is 9.97 Å². The highest BCUT2D eigenvalue weighted by Gasteiger charge is 2.13. The van der Waals surface area contributed by atoms with Crippen LogP contribution in [0.5, 0.6) is 0 Å². The molecule has 1 amide bonds. The van der Waals surface area contributed by atoms with Crippen molar-refractivity contribution in [1.82, 2.24) is 19.4 Å². The van der Waals surface area contributed by atoms with Gasteiger partial charge in [-0.2, -0.15) is 0 Å². The topological polar surface area (TPSA) is 51.0 Å². The lowest BCUT2D eigenvalue weighted by atomic mass is 10.4. The van der Waals surface area contributed by atoms with Crippen LogP contribution in [0.2, 0.25) is 5.15 Å². The molecule has 0 unspecified atom stereocenters. The smallest absolute Gasteiger partial charge is 0.242 e. The minimum absolute atomic E-state index is 0.00539. The molecule has 0 aliphatic carbocycles. The SMILES string of the molecule is Cc1nc2ccc(Cl)nc2n1CC(=O)N(C)C. The van der Waals surface area contributed by atoms with Crippen molar-refractivity contribution in [3.8, 4) is 0 Å². The van der Waals surface area contributed by atoms with Crippen molar-refractivity contribution in [1.29, 1.82) is 0 Å². The predicted octanol–water partition coefficient (Wildman–Crippen LogP) is 1.48. The second-order valence-electron chi connectivity index (χ2n) is 4.01. The Kier molecular flexibility index (Phi) is 3.02. The Balaban J connectivity index is 2.48. The fraction of sp³-hybridized carbons (Fsp3) is 0.364. The van der Waals surface area contributed by atoms with E-state index >= 15 is 0 Å². The van der Waals surface area contributed by atoms with Crippen LogP contribution in [0.4, 0.5) is 0 Å². The molecule has 6 heteroatoms. The number of carbonyl (C=O) groups excluding carboxylic acids is 1. The van der Waals surface area contributed by atoms with Gasteiger partial charge in [0.25, 0.3) is 0 Å². The fourth-order valence-electron chi connectivity index (χ4n) is 1.56. The number of halogens is 1. The third-order valence-corrected chi connectivity index (χ3v) is 2.75. The van der Waals surface area contributed by atoms with E-state index in [9.17, 15) is 4.79 Å². The van der Waals surface area contributed by atoms with Gasteiger partial charge in [-0.3, -0.25) is 4.79 Å². The van der Waals surface area contributed by atoms with Crippen LogP contribution in [0.25, 0.3) is 11.2 Å². The number of amides is 1. The van der Waals surface area contributed by atoms with E-state index in [4.69, 9.17) is 11.6 Å². The molecule has 2 rings (SSSR count). The Hall–Kier alpha value is -1.62. The zero-order chi connectivity index (χ0) is 12.6. The maximum atomic E-state index is 11.7. The minimum atomic E-state index is -0.00539. The molecule has 2 aromatic heterocycles. The van der Waals surface area contributed by atoms with Crippen LogP contribution in [-0.4, -0.2) is 39.4 Å². The van der Waals surface area contributed by atoms with Crippen LogP contribution < -0.4 is 0 Å². The first-order valence-electron chi connectivity index (χ1n) is 5.18. The summed E-state index contributed by atoms with van der Waals surface area (Å²) in [4.78, 5) is 21.8. The first kappa shape index (κ1) is 11.9. The van der Waals surface area contributed by atoms with Gasteiger partial charge in [0.2, 0.25) is 5.91 Å². The van der Waals surface area contributed by atoms with Crippen LogP contribution in [0.3, 0.4) is 0 Å². The third kappa shape index (κ3) is 2.24. The Morgan fingerprint density at radius 2 is 2.12 bits per heavy atom. The molecule has 0 N–H and O–H groups in total. The van der Waals surface area contributed by atoms with E-state index in [2.05, 4.69) is 9.97 Å². The number of fused-ring (bicyclic) bond motifs is 1. The summed E-state index contributed by atoms with van der Waals surface area (Å²) < 4.78 is 1.77. The normalized spacial score (nSPS) is 10.8. The number of carbonyl (C=O) groups is 1. The summed E-state index contributed by atoms with van der Waals surface area (Å²) in [6.07, 6.45) is 0. The molecule has 0 bridgehead atoms. The minimum Gasteiger partial charge on any atom is -0.347 e. The van der Waals surface area contributed by atoms with Gasteiger partial charge < -0.3 is 9.47 Å². The predicted molar refractivity (Wildman–Crippen MR) is 66.0 cm³/mol. The molecule has 0 saturated carbocycles. The summed E-state index contributed by atoms with van der Waals surface area (Å²) in [5.41, 5.74) is 1.39. The van der Waals surface area contributed by atoms with E-state index in [1.165, 1.54) is 4.90 Å². The van der Waals surface area contributed by atoms with Crippen LogP contribution in [-0.2, 0) is 11.3 Å². The summed E-state index contributed by atoms with van der Waals surface area (Å²) in [5.74, 6) is 0.749. The van der Waals surface area contributed by atoms with Crippen molar-refractivity contribution in [2.75, 3.05) is 14.1 Å². The van der Waals surface area contributed by atoms with Crippen molar-refractivity contribution in [3.05, 3.63) is 23.1 Å². The molecule has 0 fully saturated rings. The Morgan fingerprint density at radius 1 is 1.41 bits per heavy atom. The maximum Gasteiger partial charge on any atom is 0.242 e. The number of aromatic nitrogens is 3. The van der Waals surface area contributed by atoms with Crippen molar-refractivity contribution in [3.63, 3.8) is 0 Å². The summed E-state index contributed by atoms with van der Waals surface area (Å²) in [6.45, 7) is 2.07. The summed E-state index contributed by atoms with van der Waals surface area (Å²) in [5, 5.41) is 0.399. The van der Waals surface area contributed by atoms with E-state index < -0.39 is 0 Å². The number of likely N-dealkylation sites (N-methyl/N-ethyl adjacent to an activating group) is 1. The van der Waals surface area contributed by atoms with Crippen molar-refractivity contribution >= 4 is 28.7 Å². The van der Waals surface area contributed by atoms with E-state index in [1.54, 1.807) is 30.8 Å². The maximum absolute atomic E-state index is 11.7. The van der Waals surface area contributed by atoms with Crippen LogP contribution in [0, 0.1) is 6.92 Å². The summed E-state index contributed by atoms with van der Waals surface area (Å²) in [7, 11) is 3.44. The molecule has 2 aromatic rings. The van der Waals surface area contributed by atoms with Crippen LogP contribution in [0.1, 0.15) is 5.82 Å². The second-order valence-corrected chi connectivity index (χ2v) is 4.40. The number of aryl methyl sites for hydroxylation is 1. The lowest BCUT2D eigenvalue weighted by Gasteiger charge is -2.11. The molecule has 0 aromatic carbocycles. The number of pyridine rings is 1. The highest BCUT2D eigenvalue weighted by molar-refractivity contribution is 6.29. The summed E-state index contributed by atoms with van der Waals surface area (Å²) in [6, 6.07) is 3.49. The number of nitrogens with zero attached hydrogens (tertiary/aromatic N) is 4. The first-order valence-corrected chi connectivity index (χ1v) is 5.56.